The Hall–Kier alpha value is -1.81. The second-order valence-electron chi connectivity index (χ2n) is 3.40. The number of halogens is 1. The molecule has 86 valence electrons. The van der Waals surface area contributed by atoms with Crippen LogP contribution in [0, 0.1) is 0 Å². The molecule has 0 amide bonds. The Morgan fingerprint density at radius 1 is 1.24 bits per heavy atom. The van der Waals surface area contributed by atoms with Crippen molar-refractivity contribution in [3.8, 4) is 0 Å². The van der Waals surface area contributed by atoms with Gasteiger partial charge in [0, 0.05) is 4.47 Å². The van der Waals surface area contributed by atoms with Crippen LogP contribution >= 0.6 is 15.9 Å². The summed E-state index contributed by atoms with van der Waals surface area (Å²) >= 11 is 3.38. The van der Waals surface area contributed by atoms with Gasteiger partial charge in [-0.15, -0.1) is 0 Å². The standard InChI is InChI=1S/C13H9BrO3/c14-10-3-1-2-9(8-10)4-5-11-6-7-12(17-11)13(15)16/h1-8H,(H,15,16)/b5-4+. The van der Waals surface area contributed by atoms with Crippen molar-refractivity contribution < 1.29 is 14.3 Å². The first-order valence-electron chi connectivity index (χ1n) is 4.92. The van der Waals surface area contributed by atoms with Gasteiger partial charge in [-0.05, 0) is 35.9 Å². The molecule has 0 unspecified atom stereocenters. The summed E-state index contributed by atoms with van der Waals surface area (Å²) in [7, 11) is 0. The highest BCUT2D eigenvalue weighted by atomic mass is 79.9. The zero-order valence-electron chi connectivity index (χ0n) is 8.76. The molecule has 0 saturated carbocycles. The third kappa shape index (κ3) is 3.07. The second-order valence-corrected chi connectivity index (χ2v) is 4.31. The van der Waals surface area contributed by atoms with Crippen LogP contribution in [0.15, 0.2) is 45.3 Å². The van der Waals surface area contributed by atoms with Crippen LogP contribution in [0.1, 0.15) is 21.9 Å². The maximum atomic E-state index is 10.6. The Kier molecular flexibility index (Phi) is 3.44. The molecule has 0 spiro atoms. The Labute approximate surface area is 107 Å². The molecule has 2 aromatic rings. The van der Waals surface area contributed by atoms with Crippen molar-refractivity contribution in [2.45, 2.75) is 0 Å². The van der Waals surface area contributed by atoms with E-state index in [0.29, 0.717) is 5.76 Å². The SMILES string of the molecule is O=C(O)c1ccc(/C=C/c2cccc(Br)c2)o1. The molecule has 0 bridgehead atoms. The highest BCUT2D eigenvalue weighted by Crippen LogP contribution is 2.15. The van der Waals surface area contributed by atoms with Crippen molar-refractivity contribution in [3.05, 3.63) is 58.0 Å². The van der Waals surface area contributed by atoms with Gasteiger partial charge in [-0.2, -0.15) is 0 Å². The molecule has 0 aliphatic heterocycles. The molecule has 3 nitrogen and oxygen atoms in total. The fourth-order valence-electron chi connectivity index (χ4n) is 1.35. The zero-order chi connectivity index (χ0) is 12.3. The van der Waals surface area contributed by atoms with Crippen LogP contribution in [0.3, 0.4) is 0 Å². The van der Waals surface area contributed by atoms with Gasteiger partial charge >= 0.3 is 5.97 Å². The zero-order valence-corrected chi connectivity index (χ0v) is 10.3. The van der Waals surface area contributed by atoms with Gasteiger partial charge in [0.15, 0.2) is 0 Å². The molecule has 0 atom stereocenters. The van der Waals surface area contributed by atoms with Crippen LogP contribution in [-0.2, 0) is 0 Å². The van der Waals surface area contributed by atoms with E-state index < -0.39 is 5.97 Å². The number of hydrogen-bond donors (Lipinski definition) is 1. The van der Waals surface area contributed by atoms with E-state index in [-0.39, 0.29) is 5.76 Å². The van der Waals surface area contributed by atoms with Crippen molar-refractivity contribution in [2.24, 2.45) is 0 Å². The molecule has 0 radical (unpaired) electrons. The maximum Gasteiger partial charge on any atom is 0.371 e. The fourth-order valence-corrected chi connectivity index (χ4v) is 1.76. The van der Waals surface area contributed by atoms with Gasteiger partial charge in [0.2, 0.25) is 5.76 Å². The summed E-state index contributed by atoms with van der Waals surface area (Å²) in [5, 5.41) is 8.70. The van der Waals surface area contributed by atoms with Gasteiger partial charge in [-0.25, -0.2) is 4.79 Å². The summed E-state index contributed by atoms with van der Waals surface area (Å²) in [5.74, 6) is -0.603. The average Bonchev–Trinajstić information content (AvgIpc) is 2.75. The molecule has 1 N–H and O–H groups in total. The summed E-state index contributed by atoms with van der Waals surface area (Å²) in [6.45, 7) is 0. The lowest BCUT2D eigenvalue weighted by Crippen LogP contribution is -1.91. The van der Waals surface area contributed by atoms with Gasteiger partial charge in [0.05, 0.1) is 0 Å². The number of carboxylic acids is 1. The Bertz CT molecular complexity index is 570. The lowest BCUT2D eigenvalue weighted by Gasteiger charge is -1.93. The third-order valence-corrected chi connectivity index (χ3v) is 2.62. The van der Waals surface area contributed by atoms with E-state index in [9.17, 15) is 4.79 Å². The highest BCUT2D eigenvalue weighted by Gasteiger charge is 2.06. The van der Waals surface area contributed by atoms with E-state index in [2.05, 4.69) is 15.9 Å². The minimum atomic E-state index is -1.06. The molecule has 0 fully saturated rings. The molecule has 0 aliphatic carbocycles. The molecule has 1 aromatic carbocycles. The van der Waals surface area contributed by atoms with Crippen molar-refractivity contribution in [2.75, 3.05) is 0 Å². The van der Waals surface area contributed by atoms with Crippen LogP contribution in [0.4, 0.5) is 0 Å². The number of hydrogen-bond acceptors (Lipinski definition) is 2. The Morgan fingerprint density at radius 2 is 2.06 bits per heavy atom. The number of rotatable bonds is 3. The predicted molar refractivity (Wildman–Crippen MR) is 68.7 cm³/mol. The molecule has 2 rings (SSSR count). The molecular weight excluding hydrogens is 284 g/mol. The topological polar surface area (TPSA) is 50.4 Å². The van der Waals surface area contributed by atoms with Crippen molar-refractivity contribution >= 4 is 34.1 Å². The van der Waals surface area contributed by atoms with Crippen LogP contribution in [0.25, 0.3) is 12.2 Å². The van der Waals surface area contributed by atoms with Gasteiger partial charge < -0.3 is 9.52 Å². The first-order chi connectivity index (χ1) is 8.15. The van der Waals surface area contributed by atoms with Crippen molar-refractivity contribution in [3.63, 3.8) is 0 Å². The average molecular weight is 293 g/mol. The van der Waals surface area contributed by atoms with Crippen molar-refractivity contribution in [1.29, 1.82) is 0 Å². The molecule has 17 heavy (non-hydrogen) atoms. The number of furan rings is 1. The molecule has 4 heteroatoms. The van der Waals surface area contributed by atoms with Crippen LogP contribution in [0.5, 0.6) is 0 Å². The van der Waals surface area contributed by atoms with Crippen LogP contribution in [0.2, 0.25) is 0 Å². The summed E-state index contributed by atoms with van der Waals surface area (Å²) in [6.07, 6.45) is 3.59. The van der Waals surface area contributed by atoms with Crippen molar-refractivity contribution in [1.82, 2.24) is 0 Å². The second kappa shape index (κ2) is 5.01. The predicted octanol–water partition coefficient (Wildman–Crippen LogP) is 3.91. The smallest absolute Gasteiger partial charge is 0.371 e. The summed E-state index contributed by atoms with van der Waals surface area (Å²) in [5.41, 5.74) is 1.01. The normalized spacial score (nSPS) is 10.9. The Balaban J connectivity index is 2.17. The van der Waals surface area contributed by atoms with Crippen LogP contribution < -0.4 is 0 Å². The van der Waals surface area contributed by atoms with E-state index in [1.54, 1.807) is 12.1 Å². The molecular formula is C13H9BrO3. The van der Waals surface area contributed by atoms with E-state index in [1.807, 2.05) is 30.3 Å². The quantitative estimate of drug-likeness (QED) is 0.933. The van der Waals surface area contributed by atoms with Crippen LogP contribution in [-0.4, -0.2) is 11.1 Å². The van der Waals surface area contributed by atoms with E-state index >= 15 is 0 Å². The molecule has 0 saturated heterocycles. The fraction of sp³-hybridized carbons (Fsp3) is 0. The van der Waals surface area contributed by atoms with E-state index in [1.165, 1.54) is 6.07 Å². The lowest BCUT2D eigenvalue weighted by atomic mass is 10.2. The maximum absolute atomic E-state index is 10.6. The third-order valence-electron chi connectivity index (χ3n) is 2.13. The molecule has 1 aromatic heterocycles. The first kappa shape index (κ1) is 11.7. The molecule has 1 heterocycles. The van der Waals surface area contributed by atoms with Gasteiger partial charge in [-0.1, -0.05) is 34.1 Å². The number of aromatic carboxylic acids is 1. The number of carboxylic acid groups (broad SMARTS) is 1. The molecule has 0 aliphatic rings. The highest BCUT2D eigenvalue weighted by molar-refractivity contribution is 9.10. The van der Waals surface area contributed by atoms with Gasteiger partial charge in [-0.3, -0.25) is 0 Å². The summed E-state index contributed by atoms with van der Waals surface area (Å²) < 4.78 is 6.09. The monoisotopic (exact) mass is 292 g/mol. The first-order valence-corrected chi connectivity index (χ1v) is 5.71. The number of carbonyl (C=O) groups is 1. The summed E-state index contributed by atoms with van der Waals surface area (Å²) in [4.78, 5) is 10.6. The van der Waals surface area contributed by atoms with E-state index in [4.69, 9.17) is 9.52 Å². The minimum absolute atomic E-state index is 0.0566. The Morgan fingerprint density at radius 3 is 2.71 bits per heavy atom. The van der Waals surface area contributed by atoms with Gasteiger partial charge in [0.1, 0.15) is 5.76 Å². The summed E-state index contributed by atoms with van der Waals surface area (Å²) in [6, 6.07) is 10.8. The van der Waals surface area contributed by atoms with E-state index in [0.717, 1.165) is 10.0 Å². The number of benzene rings is 1. The largest absolute Gasteiger partial charge is 0.475 e. The lowest BCUT2D eigenvalue weighted by molar-refractivity contribution is 0.0662. The minimum Gasteiger partial charge on any atom is -0.475 e. The van der Waals surface area contributed by atoms with Gasteiger partial charge in [0.25, 0.3) is 0 Å².